The maximum absolute atomic E-state index is 11.2. The van der Waals surface area contributed by atoms with Crippen LogP contribution in [0.25, 0.3) is 11.0 Å². The Labute approximate surface area is 104 Å². The van der Waals surface area contributed by atoms with Crippen molar-refractivity contribution in [3.05, 3.63) is 29.6 Å². The van der Waals surface area contributed by atoms with Gasteiger partial charge >= 0.3 is 5.97 Å². The van der Waals surface area contributed by atoms with E-state index in [1.165, 1.54) is 0 Å². The number of hydrogen-bond acceptors (Lipinski definition) is 3. The van der Waals surface area contributed by atoms with E-state index < -0.39 is 5.97 Å². The Morgan fingerprint density at radius 1 is 1.56 bits per heavy atom. The van der Waals surface area contributed by atoms with Crippen LogP contribution in [0.4, 0.5) is 0 Å². The number of benzene rings is 1. The van der Waals surface area contributed by atoms with E-state index in [0.717, 1.165) is 24.4 Å². The predicted molar refractivity (Wildman–Crippen MR) is 65.9 cm³/mol. The SMILES string of the molecule is Cc1nc2c(C(=O)O)cccc2n1C1CCOC1. The fourth-order valence-electron chi connectivity index (χ4n) is 2.59. The molecular weight excluding hydrogens is 232 g/mol. The smallest absolute Gasteiger partial charge is 0.337 e. The van der Waals surface area contributed by atoms with Crippen LogP contribution in [-0.4, -0.2) is 33.8 Å². The molecule has 3 rings (SSSR count). The van der Waals surface area contributed by atoms with Gasteiger partial charge in [0.05, 0.1) is 23.7 Å². The molecule has 0 aliphatic carbocycles. The Hall–Kier alpha value is -1.88. The van der Waals surface area contributed by atoms with Crippen LogP contribution in [0, 0.1) is 6.92 Å². The van der Waals surface area contributed by atoms with Crippen molar-refractivity contribution in [2.24, 2.45) is 0 Å². The number of aryl methyl sites for hydroxylation is 1. The Bertz CT molecular complexity index is 612. The van der Waals surface area contributed by atoms with Gasteiger partial charge in [-0.15, -0.1) is 0 Å². The van der Waals surface area contributed by atoms with Gasteiger partial charge in [-0.25, -0.2) is 9.78 Å². The minimum Gasteiger partial charge on any atom is -0.478 e. The fraction of sp³-hybridized carbons (Fsp3) is 0.385. The van der Waals surface area contributed by atoms with Crippen LogP contribution in [-0.2, 0) is 4.74 Å². The molecular formula is C13H14N2O3. The van der Waals surface area contributed by atoms with Gasteiger partial charge in [0, 0.05) is 6.61 Å². The number of aromatic carboxylic acids is 1. The van der Waals surface area contributed by atoms with Crippen molar-refractivity contribution in [2.75, 3.05) is 13.2 Å². The molecule has 0 radical (unpaired) electrons. The van der Waals surface area contributed by atoms with Gasteiger partial charge in [0.2, 0.25) is 0 Å². The number of carboxylic acids is 1. The monoisotopic (exact) mass is 246 g/mol. The molecule has 1 aliphatic heterocycles. The van der Waals surface area contributed by atoms with Crippen molar-refractivity contribution in [3.8, 4) is 0 Å². The molecule has 2 heterocycles. The number of nitrogens with zero attached hydrogens (tertiary/aromatic N) is 2. The first-order valence-corrected chi connectivity index (χ1v) is 5.97. The molecule has 1 aliphatic rings. The minimum atomic E-state index is -0.937. The van der Waals surface area contributed by atoms with Crippen LogP contribution in [0.15, 0.2) is 18.2 Å². The summed E-state index contributed by atoms with van der Waals surface area (Å²) in [7, 11) is 0. The van der Waals surface area contributed by atoms with Gasteiger partial charge in [-0.05, 0) is 25.5 Å². The third-order valence-corrected chi connectivity index (χ3v) is 3.40. The van der Waals surface area contributed by atoms with Crippen molar-refractivity contribution in [2.45, 2.75) is 19.4 Å². The van der Waals surface area contributed by atoms with E-state index in [1.54, 1.807) is 12.1 Å². The molecule has 1 unspecified atom stereocenters. The summed E-state index contributed by atoms with van der Waals surface area (Å²) in [5.41, 5.74) is 1.70. The molecule has 1 aromatic carbocycles. The summed E-state index contributed by atoms with van der Waals surface area (Å²) >= 11 is 0. The van der Waals surface area contributed by atoms with E-state index in [9.17, 15) is 9.90 Å². The van der Waals surface area contributed by atoms with Crippen LogP contribution in [0.1, 0.15) is 28.6 Å². The van der Waals surface area contributed by atoms with Gasteiger partial charge in [0.1, 0.15) is 11.3 Å². The zero-order valence-electron chi connectivity index (χ0n) is 10.1. The standard InChI is InChI=1S/C13H14N2O3/c1-8-14-12-10(13(16)17)3-2-4-11(12)15(8)9-5-6-18-7-9/h2-4,9H,5-7H2,1H3,(H,16,17). The number of ether oxygens (including phenoxy) is 1. The molecule has 0 bridgehead atoms. The second-order valence-electron chi connectivity index (χ2n) is 4.52. The lowest BCUT2D eigenvalue weighted by Gasteiger charge is -2.13. The van der Waals surface area contributed by atoms with Crippen LogP contribution >= 0.6 is 0 Å². The highest BCUT2D eigenvalue weighted by atomic mass is 16.5. The van der Waals surface area contributed by atoms with E-state index in [-0.39, 0.29) is 11.6 Å². The summed E-state index contributed by atoms with van der Waals surface area (Å²) in [4.78, 5) is 15.6. The lowest BCUT2D eigenvalue weighted by atomic mass is 10.1. The average Bonchev–Trinajstić information content (AvgIpc) is 2.93. The van der Waals surface area contributed by atoms with Crippen LogP contribution in [0.3, 0.4) is 0 Å². The van der Waals surface area contributed by atoms with Crippen LogP contribution < -0.4 is 0 Å². The van der Waals surface area contributed by atoms with E-state index in [2.05, 4.69) is 9.55 Å². The van der Waals surface area contributed by atoms with Crippen LogP contribution in [0.5, 0.6) is 0 Å². The van der Waals surface area contributed by atoms with Gasteiger partial charge in [-0.1, -0.05) is 6.07 Å². The highest BCUT2D eigenvalue weighted by molar-refractivity contribution is 6.01. The van der Waals surface area contributed by atoms with Gasteiger partial charge in [-0.2, -0.15) is 0 Å². The number of imidazole rings is 1. The topological polar surface area (TPSA) is 64.3 Å². The molecule has 1 N–H and O–H groups in total. The molecule has 5 heteroatoms. The molecule has 0 saturated carbocycles. The minimum absolute atomic E-state index is 0.258. The van der Waals surface area contributed by atoms with Gasteiger partial charge < -0.3 is 14.4 Å². The van der Waals surface area contributed by atoms with Crippen molar-refractivity contribution in [3.63, 3.8) is 0 Å². The Balaban J connectivity index is 2.23. The Morgan fingerprint density at radius 3 is 3.06 bits per heavy atom. The molecule has 5 nitrogen and oxygen atoms in total. The number of carboxylic acid groups (broad SMARTS) is 1. The summed E-state index contributed by atoms with van der Waals surface area (Å²) in [6.45, 7) is 3.33. The maximum Gasteiger partial charge on any atom is 0.337 e. The van der Waals surface area contributed by atoms with Crippen molar-refractivity contribution >= 4 is 17.0 Å². The number of para-hydroxylation sites is 1. The molecule has 1 atom stereocenters. The van der Waals surface area contributed by atoms with Gasteiger partial charge in [0.15, 0.2) is 0 Å². The quantitative estimate of drug-likeness (QED) is 0.880. The molecule has 94 valence electrons. The van der Waals surface area contributed by atoms with E-state index in [1.807, 2.05) is 13.0 Å². The summed E-state index contributed by atoms with van der Waals surface area (Å²) in [5, 5.41) is 9.17. The number of rotatable bonds is 2. The summed E-state index contributed by atoms with van der Waals surface area (Å²) < 4.78 is 7.49. The van der Waals surface area contributed by atoms with Gasteiger partial charge in [0.25, 0.3) is 0 Å². The van der Waals surface area contributed by atoms with E-state index in [4.69, 9.17) is 4.74 Å². The predicted octanol–water partition coefficient (Wildman–Crippen LogP) is 2.00. The zero-order valence-corrected chi connectivity index (χ0v) is 10.1. The zero-order chi connectivity index (χ0) is 12.7. The third kappa shape index (κ3) is 1.59. The van der Waals surface area contributed by atoms with Crippen molar-refractivity contribution < 1.29 is 14.6 Å². The number of aromatic nitrogens is 2. The summed E-state index contributed by atoms with van der Waals surface area (Å²) in [5.74, 6) is -0.0953. The first-order valence-electron chi connectivity index (χ1n) is 5.97. The maximum atomic E-state index is 11.2. The number of fused-ring (bicyclic) bond motifs is 1. The lowest BCUT2D eigenvalue weighted by Crippen LogP contribution is -2.10. The second kappa shape index (κ2) is 4.10. The lowest BCUT2D eigenvalue weighted by molar-refractivity contribution is 0.0699. The second-order valence-corrected chi connectivity index (χ2v) is 4.52. The number of hydrogen-bond donors (Lipinski definition) is 1. The molecule has 1 fully saturated rings. The highest BCUT2D eigenvalue weighted by Crippen LogP contribution is 2.28. The molecule has 2 aromatic rings. The molecule has 1 saturated heterocycles. The Morgan fingerprint density at radius 2 is 2.39 bits per heavy atom. The van der Waals surface area contributed by atoms with Crippen LogP contribution in [0.2, 0.25) is 0 Å². The van der Waals surface area contributed by atoms with Crippen molar-refractivity contribution in [1.29, 1.82) is 0 Å². The summed E-state index contributed by atoms with van der Waals surface area (Å²) in [6.07, 6.45) is 0.948. The van der Waals surface area contributed by atoms with E-state index in [0.29, 0.717) is 12.1 Å². The average molecular weight is 246 g/mol. The molecule has 1 aromatic heterocycles. The molecule has 0 amide bonds. The molecule has 18 heavy (non-hydrogen) atoms. The first-order chi connectivity index (χ1) is 8.68. The largest absolute Gasteiger partial charge is 0.478 e. The Kier molecular flexibility index (Phi) is 2.56. The number of carbonyl (C=O) groups is 1. The summed E-state index contributed by atoms with van der Waals surface area (Å²) in [6, 6.07) is 5.53. The van der Waals surface area contributed by atoms with E-state index >= 15 is 0 Å². The molecule has 0 spiro atoms. The normalized spacial score (nSPS) is 19.5. The first kappa shape index (κ1) is 11.2. The van der Waals surface area contributed by atoms with Crippen molar-refractivity contribution in [1.82, 2.24) is 9.55 Å². The third-order valence-electron chi connectivity index (χ3n) is 3.40. The highest BCUT2D eigenvalue weighted by Gasteiger charge is 2.23. The fourth-order valence-corrected chi connectivity index (χ4v) is 2.59. The van der Waals surface area contributed by atoms with Gasteiger partial charge in [-0.3, -0.25) is 0 Å².